The Hall–Kier alpha value is -1.30. The zero-order valence-corrected chi connectivity index (χ0v) is 12.9. The van der Waals surface area contributed by atoms with Crippen molar-refractivity contribution in [3.63, 3.8) is 0 Å². The minimum Gasteiger partial charge on any atom is -0.370 e. The van der Waals surface area contributed by atoms with Gasteiger partial charge in [-0.1, -0.05) is 43.2 Å². The zero-order valence-electron chi connectivity index (χ0n) is 12.9. The molecule has 0 spiro atoms. The quantitative estimate of drug-likeness (QED) is 0.762. The first-order valence-corrected chi connectivity index (χ1v) is 8.21. The Kier molecular flexibility index (Phi) is 4.63. The van der Waals surface area contributed by atoms with Gasteiger partial charge >= 0.3 is 0 Å². The van der Waals surface area contributed by atoms with Gasteiger partial charge < -0.3 is 4.74 Å². The number of terminal acetylenes is 1. The van der Waals surface area contributed by atoms with Gasteiger partial charge in [0.05, 0.1) is 18.8 Å². The van der Waals surface area contributed by atoms with Crippen LogP contribution in [0.25, 0.3) is 0 Å². The van der Waals surface area contributed by atoms with Crippen LogP contribution in [0.5, 0.6) is 0 Å². The number of fused-ring (bicyclic) bond motifs is 2. The van der Waals surface area contributed by atoms with Crippen molar-refractivity contribution in [3.8, 4) is 12.3 Å². The third kappa shape index (κ3) is 3.15. The van der Waals surface area contributed by atoms with Crippen molar-refractivity contribution >= 4 is 0 Å². The summed E-state index contributed by atoms with van der Waals surface area (Å²) in [6.45, 7) is 3.01. The molecule has 0 radical (unpaired) electrons. The molecule has 0 N–H and O–H groups in total. The standard InChI is InChI=1S/C19H25NO/c1-3-12-20-16-10-11-17(20)14-18(13-16)21-19(4-2)15-8-6-5-7-9-15/h1,5-9,16-19H,4,10-14H2,2H3/t16-,17+,18?,19?. The molecule has 0 saturated carbocycles. The highest BCUT2D eigenvalue weighted by Gasteiger charge is 2.41. The predicted octanol–water partition coefficient (Wildman–Crippen LogP) is 3.78. The molecule has 1 aromatic carbocycles. The average Bonchev–Trinajstić information content (AvgIpc) is 2.76. The van der Waals surface area contributed by atoms with E-state index >= 15 is 0 Å². The molecule has 0 amide bonds. The first-order chi connectivity index (χ1) is 10.3. The van der Waals surface area contributed by atoms with E-state index < -0.39 is 0 Å². The predicted molar refractivity (Wildman–Crippen MR) is 85.9 cm³/mol. The Balaban J connectivity index is 1.63. The van der Waals surface area contributed by atoms with Crippen LogP contribution in [-0.4, -0.2) is 29.6 Å². The summed E-state index contributed by atoms with van der Waals surface area (Å²) in [5, 5.41) is 0. The van der Waals surface area contributed by atoms with Gasteiger partial charge in [-0.05, 0) is 37.7 Å². The molecule has 0 aliphatic carbocycles. The summed E-state index contributed by atoms with van der Waals surface area (Å²) in [5.74, 6) is 2.82. The molecule has 2 unspecified atom stereocenters. The van der Waals surface area contributed by atoms with E-state index in [1.807, 2.05) is 0 Å². The van der Waals surface area contributed by atoms with Gasteiger partial charge in [-0.3, -0.25) is 4.90 Å². The normalized spacial score (nSPS) is 30.0. The van der Waals surface area contributed by atoms with Crippen LogP contribution in [0.1, 0.15) is 50.7 Å². The van der Waals surface area contributed by atoms with E-state index in [0.717, 1.165) is 25.8 Å². The summed E-state index contributed by atoms with van der Waals surface area (Å²) in [6.07, 6.45) is 12.0. The van der Waals surface area contributed by atoms with Gasteiger partial charge in [-0.15, -0.1) is 6.42 Å². The molecule has 2 bridgehead atoms. The number of ether oxygens (including phenoxy) is 1. The Morgan fingerprint density at radius 1 is 1.24 bits per heavy atom. The second kappa shape index (κ2) is 6.64. The molecule has 2 fully saturated rings. The summed E-state index contributed by atoms with van der Waals surface area (Å²) in [6, 6.07) is 11.9. The Labute approximate surface area is 128 Å². The highest BCUT2D eigenvalue weighted by molar-refractivity contribution is 5.17. The molecule has 112 valence electrons. The fraction of sp³-hybridized carbons (Fsp3) is 0.579. The van der Waals surface area contributed by atoms with E-state index in [-0.39, 0.29) is 6.10 Å². The minimum absolute atomic E-state index is 0.231. The monoisotopic (exact) mass is 283 g/mol. The van der Waals surface area contributed by atoms with E-state index in [4.69, 9.17) is 11.2 Å². The highest BCUT2D eigenvalue weighted by atomic mass is 16.5. The van der Waals surface area contributed by atoms with Crippen molar-refractivity contribution in [2.45, 2.75) is 63.3 Å². The molecule has 2 aliphatic rings. The zero-order chi connectivity index (χ0) is 14.7. The fourth-order valence-electron chi connectivity index (χ4n) is 4.01. The van der Waals surface area contributed by atoms with Gasteiger partial charge in [0.2, 0.25) is 0 Å². The number of benzene rings is 1. The molecule has 2 saturated heterocycles. The second-order valence-electron chi connectivity index (χ2n) is 6.30. The van der Waals surface area contributed by atoms with Crippen molar-refractivity contribution in [1.29, 1.82) is 0 Å². The molecule has 2 aliphatic heterocycles. The lowest BCUT2D eigenvalue weighted by molar-refractivity contribution is -0.0613. The van der Waals surface area contributed by atoms with Crippen LogP contribution in [0, 0.1) is 12.3 Å². The largest absolute Gasteiger partial charge is 0.370 e. The van der Waals surface area contributed by atoms with Crippen LogP contribution in [-0.2, 0) is 4.74 Å². The fourth-order valence-corrected chi connectivity index (χ4v) is 4.01. The lowest BCUT2D eigenvalue weighted by atomic mass is 9.98. The summed E-state index contributed by atoms with van der Waals surface area (Å²) >= 11 is 0. The number of hydrogen-bond acceptors (Lipinski definition) is 2. The molecule has 0 aromatic heterocycles. The SMILES string of the molecule is C#CCN1[C@@H]2CC[C@H]1CC(OC(CC)c1ccccc1)C2. The summed E-state index contributed by atoms with van der Waals surface area (Å²) < 4.78 is 6.46. The van der Waals surface area contributed by atoms with E-state index in [1.54, 1.807) is 0 Å². The van der Waals surface area contributed by atoms with Crippen LogP contribution in [0.3, 0.4) is 0 Å². The van der Waals surface area contributed by atoms with Crippen LogP contribution in [0.2, 0.25) is 0 Å². The Morgan fingerprint density at radius 2 is 1.90 bits per heavy atom. The van der Waals surface area contributed by atoms with Gasteiger partial charge in [0.1, 0.15) is 0 Å². The summed E-state index contributed by atoms with van der Waals surface area (Å²) in [7, 11) is 0. The van der Waals surface area contributed by atoms with Crippen molar-refractivity contribution in [3.05, 3.63) is 35.9 Å². The summed E-state index contributed by atoms with van der Waals surface area (Å²) in [5.41, 5.74) is 1.30. The first-order valence-electron chi connectivity index (χ1n) is 8.21. The van der Waals surface area contributed by atoms with Crippen molar-refractivity contribution < 1.29 is 4.74 Å². The lowest BCUT2D eigenvalue weighted by Gasteiger charge is -2.39. The molecule has 2 heterocycles. The van der Waals surface area contributed by atoms with E-state index in [2.05, 4.69) is 48.1 Å². The third-order valence-electron chi connectivity index (χ3n) is 5.01. The minimum atomic E-state index is 0.231. The number of piperidine rings is 1. The molecular formula is C19H25NO. The molecule has 4 atom stereocenters. The first kappa shape index (κ1) is 14.6. The average molecular weight is 283 g/mol. The molecule has 3 rings (SSSR count). The van der Waals surface area contributed by atoms with Crippen LogP contribution >= 0.6 is 0 Å². The smallest absolute Gasteiger partial charge is 0.0826 e. The van der Waals surface area contributed by atoms with Gasteiger partial charge in [0.25, 0.3) is 0 Å². The van der Waals surface area contributed by atoms with Crippen LogP contribution < -0.4 is 0 Å². The maximum atomic E-state index is 6.46. The van der Waals surface area contributed by atoms with Crippen molar-refractivity contribution in [2.75, 3.05) is 6.54 Å². The lowest BCUT2D eigenvalue weighted by Crippen LogP contribution is -2.45. The molecule has 21 heavy (non-hydrogen) atoms. The maximum Gasteiger partial charge on any atom is 0.0826 e. The second-order valence-corrected chi connectivity index (χ2v) is 6.30. The van der Waals surface area contributed by atoms with E-state index in [9.17, 15) is 0 Å². The van der Waals surface area contributed by atoms with Crippen LogP contribution in [0.15, 0.2) is 30.3 Å². The Morgan fingerprint density at radius 3 is 2.48 bits per heavy atom. The number of nitrogens with zero attached hydrogens (tertiary/aromatic N) is 1. The molecular weight excluding hydrogens is 258 g/mol. The van der Waals surface area contributed by atoms with Crippen LogP contribution in [0.4, 0.5) is 0 Å². The van der Waals surface area contributed by atoms with Crippen molar-refractivity contribution in [2.24, 2.45) is 0 Å². The van der Waals surface area contributed by atoms with Crippen molar-refractivity contribution in [1.82, 2.24) is 4.90 Å². The third-order valence-corrected chi connectivity index (χ3v) is 5.01. The molecule has 2 nitrogen and oxygen atoms in total. The van der Waals surface area contributed by atoms with E-state index in [1.165, 1.54) is 18.4 Å². The van der Waals surface area contributed by atoms with Gasteiger partial charge in [-0.25, -0.2) is 0 Å². The van der Waals surface area contributed by atoms with E-state index in [0.29, 0.717) is 18.2 Å². The summed E-state index contributed by atoms with van der Waals surface area (Å²) in [4.78, 5) is 2.52. The Bertz CT molecular complexity index is 478. The van der Waals surface area contributed by atoms with Gasteiger partial charge in [-0.2, -0.15) is 0 Å². The topological polar surface area (TPSA) is 12.5 Å². The maximum absolute atomic E-state index is 6.46. The van der Waals surface area contributed by atoms with Gasteiger partial charge in [0.15, 0.2) is 0 Å². The number of rotatable bonds is 5. The highest BCUT2D eigenvalue weighted by Crippen LogP contribution is 2.38. The number of hydrogen-bond donors (Lipinski definition) is 0. The molecule has 1 aromatic rings. The molecule has 2 heteroatoms. The van der Waals surface area contributed by atoms with Gasteiger partial charge in [0, 0.05) is 12.1 Å².